The molecule has 0 radical (unpaired) electrons. The van der Waals surface area contributed by atoms with E-state index in [-0.39, 0.29) is 0 Å². The quantitative estimate of drug-likeness (QED) is 0.791. The van der Waals surface area contributed by atoms with E-state index in [1.807, 2.05) is 0 Å². The van der Waals surface area contributed by atoms with Gasteiger partial charge in [0, 0.05) is 24.6 Å². The highest BCUT2D eigenvalue weighted by molar-refractivity contribution is 5.45. The van der Waals surface area contributed by atoms with E-state index in [1.165, 1.54) is 24.0 Å². The number of rotatable bonds is 7. The summed E-state index contributed by atoms with van der Waals surface area (Å²) >= 11 is 0. The summed E-state index contributed by atoms with van der Waals surface area (Å²) in [6.45, 7) is 7.23. The molecule has 4 heteroatoms. The molecule has 1 aromatic heterocycles. The Labute approximate surface area is 138 Å². The lowest BCUT2D eigenvalue weighted by molar-refractivity contribution is 0.750. The largest absolute Gasteiger partial charge is 0.366 e. The third-order valence-corrected chi connectivity index (χ3v) is 4.29. The fourth-order valence-electron chi connectivity index (χ4n) is 2.55. The first-order valence-corrected chi connectivity index (χ1v) is 8.59. The van der Waals surface area contributed by atoms with Crippen LogP contribution in [0.1, 0.15) is 55.8 Å². The molecule has 0 amide bonds. The second-order valence-electron chi connectivity index (χ2n) is 6.57. The Kier molecular flexibility index (Phi) is 4.79. The maximum absolute atomic E-state index is 4.69. The van der Waals surface area contributed by atoms with E-state index in [0.29, 0.717) is 12.0 Å². The summed E-state index contributed by atoms with van der Waals surface area (Å²) in [4.78, 5) is 9.33. The molecule has 0 unspecified atom stereocenters. The van der Waals surface area contributed by atoms with Gasteiger partial charge in [0.25, 0.3) is 0 Å². The first-order valence-electron chi connectivity index (χ1n) is 8.59. The Balaban J connectivity index is 1.74. The molecule has 2 N–H and O–H groups in total. The van der Waals surface area contributed by atoms with Crippen molar-refractivity contribution in [2.24, 2.45) is 0 Å². The molecule has 1 atom stereocenters. The number of aromatic nitrogens is 2. The van der Waals surface area contributed by atoms with Crippen LogP contribution in [0.4, 0.5) is 11.8 Å². The first-order chi connectivity index (χ1) is 11.1. The van der Waals surface area contributed by atoms with Crippen molar-refractivity contribution in [3.8, 4) is 0 Å². The van der Waals surface area contributed by atoms with Gasteiger partial charge in [-0.05, 0) is 38.7 Å². The minimum absolute atomic E-state index is 0.383. The number of aryl methyl sites for hydroxylation is 1. The molecule has 1 saturated carbocycles. The van der Waals surface area contributed by atoms with Gasteiger partial charge in [0.05, 0.1) is 5.69 Å². The summed E-state index contributed by atoms with van der Waals surface area (Å²) < 4.78 is 0. The zero-order valence-corrected chi connectivity index (χ0v) is 14.3. The molecule has 0 saturated heterocycles. The molecule has 3 rings (SSSR count). The zero-order valence-electron chi connectivity index (χ0n) is 14.3. The average molecular weight is 310 g/mol. The lowest BCUT2D eigenvalue weighted by Gasteiger charge is -2.14. The Hall–Kier alpha value is -2.10. The van der Waals surface area contributed by atoms with E-state index >= 15 is 0 Å². The van der Waals surface area contributed by atoms with Crippen molar-refractivity contribution in [1.82, 2.24) is 9.97 Å². The standard InChI is InChI=1S/C19H26N4/c1-4-14(3)21-19-22-17(16-8-9-16)11-18(23-19)20-12-15-7-5-6-13(2)10-15/h5-7,10-11,14,16H,4,8-9,12H2,1-3H3,(H2,20,21,22,23)/t14-/m1/s1. The molecule has 1 aromatic carbocycles. The predicted octanol–water partition coefficient (Wildman–Crippen LogP) is 4.48. The maximum Gasteiger partial charge on any atom is 0.225 e. The second-order valence-corrected chi connectivity index (χ2v) is 6.57. The molecule has 1 aliphatic rings. The highest BCUT2D eigenvalue weighted by atomic mass is 15.2. The third kappa shape index (κ3) is 4.44. The SMILES string of the molecule is CC[C@@H](C)Nc1nc(NCc2cccc(C)c2)cc(C2CC2)n1. The van der Waals surface area contributed by atoms with Crippen molar-refractivity contribution < 1.29 is 0 Å². The van der Waals surface area contributed by atoms with Crippen LogP contribution in [0.3, 0.4) is 0 Å². The smallest absolute Gasteiger partial charge is 0.225 e. The summed E-state index contributed by atoms with van der Waals surface area (Å²) in [7, 11) is 0. The van der Waals surface area contributed by atoms with E-state index in [4.69, 9.17) is 4.98 Å². The molecule has 2 aromatic rings. The van der Waals surface area contributed by atoms with Gasteiger partial charge in [-0.3, -0.25) is 0 Å². The van der Waals surface area contributed by atoms with Gasteiger partial charge < -0.3 is 10.6 Å². The molecule has 122 valence electrons. The number of benzene rings is 1. The van der Waals surface area contributed by atoms with Crippen LogP contribution in [0.2, 0.25) is 0 Å². The summed E-state index contributed by atoms with van der Waals surface area (Å²) in [6, 6.07) is 11.0. The summed E-state index contributed by atoms with van der Waals surface area (Å²) in [5, 5.41) is 6.85. The Morgan fingerprint density at radius 1 is 1.22 bits per heavy atom. The highest BCUT2D eigenvalue weighted by Gasteiger charge is 2.26. The summed E-state index contributed by atoms with van der Waals surface area (Å²) in [5.41, 5.74) is 3.72. The summed E-state index contributed by atoms with van der Waals surface area (Å²) in [5.74, 6) is 2.28. The van der Waals surface area contributed by atoms with Crippen LogP contribution < -0.4 is 10.6 Å². The van der Waals surface area contributed by atoms with Crippen molar-refractivity contribution in [2.75, 3.05) is 10.6 Å². The maximum atomic E-state index is 4.69. The van der Waals surface area contributed by atoms with E-state index in [2.05, 4.69) is 66.7 Å². The molecule has 0 aliphatic heterocycles. The van der Waals surface area contributed by atoms with Gasteiger partial charge in [0.15, 0.2) is 0 Å². The van der Waals surface area contributed by atoms with Crippen LogP contribution >= 0.6 is 0 Å². The third-order valence-electron chi connectivity index (χ3n) is 4.29. The van der Waals surface area contributed by atoms with E-state index in [9.17, 15) is 0 Å². The van der Waals surface area contributed by atoms with Crippen LogP contribution in [0.5, 0.6) is 0 Å². The van der Waals surface area contributed by atoms with E-state index in [1.54, 1.807) is 0 Å². The molecule has 23 heavy (non-hydrogen) atoms. The van der Waals surface area contributed by atoms with Gasteiger partial charge in [0.2, 0.25) is 5.95 Å². The normalized spacial score (nSPS) is 15.3. The number of anilines is 2. The fraction of sp³-hybridized carbons (Fsp3) is 0.474. The lowest BCUT2D eigenvalue weighted by atomic mass is 10.1. The second kappa shape index (κ2) is 6.99. The number of nitrogens with zero attached hydrogens (tertiary/aromatic N) is 2. The lowest BCUT2D eigenvalue weighted by Crippen LogP contribution is -2.17. The highest BCUT2D eigenvalue weighted by Crippen LogP contribution is 2.39. The molecular formula is C19H26N4. The molecule has 0 spiro atoms. The van der Waals surface area contributed by atoms with Crippen LogP contribution in [0.15, 0.2) is 30.3 Å². The molecule has 1 fully saturated rings. The van der Waals surface area contributed by atoms with Crippen LogP contribution in [0, 0.1) is 6.92 Å². The number of nitrogens with one attached hydrogen (secondary N) is 2. The molecule has 1 heterocycles. The Morgan fingerprint density at radius 3 is 2.74 bits per heavy atom. The fourth-order valence-corrected chi connectivity index (χ4v) is 2.55. The Morgan fingerprint density at radius 2 is 2.04 bits per heavy atom. The minimum Gasteiger partial charge on any atom is -0.366 e. The van der Waals surface area contributed by atoms with Crippen LogP contribution in [0.25, 0.3) is 0 Å². The van der Waals surface area contributed by atoms with Gasteiger partial charge in [-0.2, -0.15) is 4.98 Å². The van der Waals surface area contributed by atoms with Crippen LogP contribution in [-0.2, 0) is 6.54 Å². The van der Waals surface area contributed by atoms with Crippen LogP contribution in [-0.4, -0.2) is 16.0 Å². The Bertz CT molecular complexity index is 664. The average Bonchev–Trinajstić information content (AvgIpc) is 3.37. The monoisotopic (exact) mass is 310 g/mol. The van der Waals surface area contributed by atoms with Crippen molar-refractivity contribution in [3.05, 3.63) is 47.2 Å². The predicted molar refractivity (Wildman–Crippen MR) is 95.9 cm³/mol. The minimum atomic E-state index is 0.383. The number of hydrogen-bond donors (Lipinski definition) is 2. The van der Waals surface area contributed by atoms with Crippen molar-refractivity contribution in [1.29, 1.82) is 0 Å². The van der Waals surface area contributed by atoms with Gasteiger partial charge in [-0.15, -0.1) is 0 Å². The number of hydrogen-bond acceptors (Lipinski definition) is 4. The van der Waals surface area contributed by atoms with E-state index < -0.39 is 0 Å². The molecular weight excluding hydrogens is 284 g/mol. The van der Waals surface area contributed by atoms with Crippen molar-refractivity contribution in [3.63, 3.8) is 0 Å². The molecule has 4 nitrogen and oxygen atoms in total. The van der Waals surface area contributed by atoms with Crippen molar-refractivity contribution in [2.45, 2.75) is 58.5 Å². The van der Waals surface area contributed by atoms with Gasteiger partial charge in [0.1, 0.15) is 5.82 Å². The van der Waals surface area contributed by atoms with E-state index in [0.717, 1.165) is 30.4 Å². The van der Waals surface area contributed by atoms with Gasteiger partial charge >= 0.3 is 0 Å². The first kappa shape index (κ1) is 15.8. The molecule has 1 aliphatic carbocycles. The topological polar surface area (TPSA) is 49.8 Å². The van der Waals surface area contributed by atoms with Gasteiger partial charge in [-0.1, -0.05) is 36.8 Å². The van der Waals surface area contributed by atoms with Gasteiger partial charge in [-0.25, -0.2) is 4.98 Å². The molecule has 0 bridgehead atoms. The zero-order chi connectivity index (χ0) is 16.2. The summed E-state index contributed by atoms with van der Waals surface area (Å²) in [6.07, 6.45) is 3.55. The van der Waals surface area contributed by atoms with Crippen molar-refractivity contribution >= 4 is 11.8 Å².